The van der Waals surface area contributed by atoms with Crippen LogP contribution in [0.25, 0.3) is 0 Å². The third-order valence-corrected chi connectivity index (χ3v) is 4.53. The van der Waals surface area contributed by atoms with Gasteiger partial charge in [0.25, 0.3) is 0 Å². The Bertz CT molecular complexity index is 324. The molecule has 1 aliphatic heterocycles. The van der Waals surface area contributed by atoms with Gasteiger partial charge in [-0.15, -0.1) is 11.8 Å². The molecule has 1 aliphatic rings. The van der Waals surface area contributed by atoms with Crippen LogP contribution in [0.2, 0.25) is 0 Å². The Balaban J connectivity index is 2.82. The van der Waals surface area contributed by atoms with E-state index in [-0.39, 0.29) is 18.5 Å². The second-order valence-corrected chi connectivity index (χ2v) is 5.83. The molecule has 0 saturated carbocycles. The average Bonchev–Trinajstić information content (AvgIpc) is 2.73. The number of nitrogens with zero attached hydrogens (tertiary/aromatic N) is 1. The van der Waals surface area contributed by atoms with Crippen LogP contribution in [0.4, 0.5) is 4.79 Å². The maximum absolute atomic E-state index is 12.0. The summed E-state index contributed by atoms with van der Waals surface area (Å²) in [5, 5.41) is 0. The first-order valence-electron chi connectivity index (χ1n) is 6.83. The summed E-state index contributed by atoms with van der Waals surface area (Å²) in [4.78, 5) is 25.0. The number of carbonyl (C=O) groups is 2. The summed E-state index contributed by atoms with van der Waals surface area (Å²) in [5.41, 5.74) is 0. The lowest BCUT2D eigenvalue weighted by molar-refractivity contribution is -0.144. The molecule has 0 aromatic heterocycles. The molecule has 110 valence electrons. The number of hydrogen-bond donors (Lipinski definition) is 0. The highest BCUT2D eigenvalue weighted by molar-refractivity contribution is 8.00. The Morgan fingerprint density at radius 2 is 1.89 bits per heavy atom. The summed E-state index contributed by atoms with van der Waals surface area (Å²) < 4.78 is 10.1. The molecule has 0 unspecified atom stereocenters. The molecular formula is C13H23NO4S. The van der Waals surface area contributed by atoms with Crippen molar-refractivity contribution < 1.29 is 19.1 Å². The van der Waals surface area contributed by atoms with E-state index in [1.54, 1.807) is 30.5 Å². The fourth-order valence-corrected chi connectivity index (χ4v) is 3.88. The molecule has 0 aromatic carbocycles. The van der Waals surface area contributed by atoms with Gasteiger partial charge in [0.05, 0.1) is 19.6 Å². The minimum atomic E-state index is -0.493. The van der Waals surface area contributed by atoms with E-state index in [0.29, 0.717) is 19.8 Å². The molecule has 1 amide bonds. The highest BCUT2D eigenvalue weighted by Crippen LogP contribution is 2.43. The van der Waals surface area contributed by atoms with Gasteiger partial charge in [0, 0.05) is 12.3 Å². The molecule has 1 fully saturated rings. The van der Waals surface area contributed by atoms with Gasteiger partial charge in [-0.1, -0.05) is 13.3 Å². The van der Waals surface area contributed by atoms with Crippen LogP contribution in [0, 0.1) is 0 Å². The Labute approximate surface area is 119 Å². The first-order valence-corrected chi connectivity index (χ1v) is 7.82. The lowest BCUT2D eigenvalue weighted by Gasteiger charge is -2.36. The van der Waals surface area contributed by atoms with Crippen molar-refractivity contribution >= 4 is 23.8 Å². The molecular weight excluding hydrogens is 266 g/mol. The molecule has 19 heavy (non-hydrogen) atoms. The van der Waals surface area contributed by atoms with Gasteiger partial charge in [0.1, 0.15) is 4.87 Å². The van der Waals surface area contributed by atoms with Crippen molar-refractivity contribution in [2.24, 2.45) is 0 Å². The SMILES string of the molecule is CCC[C@]1(CC(=O)OCC)SCCN1C(=O)OCC. The Hall–Kier alpha value is -0.910. The van der Waals surface area contributed by atoms with Crippen molar-refractivity contribution in [2.75, 3.05) is 25.5 Å². The maximum Gasteiger partial charge on any atom is 0.410 e. The normalized spacial score (nSPS) is 22.4. The van der Waals surface area contributed by atoms with Crippen LogP contribution < -0.4 is 0 Å². The predicted molar refractivity (Wildman–Crippen MR) is 75.1 cm³/mol. The summed E-state index contributed by atoms with van der Waals surface area (Å²) >= 11 is 1.66. The molecule has 0 radical (unpaired) electrons. The number of thioether (sulfide) groups is 1. The first-order chi connectivity index (χ1) is 9.09. The van der Waals surface area contributed by atoms with E-state index < -0.39 is 4.87 Å². The molecule has 1 atom stereocenters. The Morgan fingerprint density at radius 3 is 2.47 bits per heavy atom. The van der Waals surface area contributed by atoms with Gasteiger partial charge in [-0.2, -0.15) is 0 Å². The van der Waals surface area contributed by atoms with Crippen molar-refractivity contribution in [3.05, 3.63) is 0 Å². The van der Waals surface area contributed by atoms with Crippen molar-refractivity contribution in [1.82, 2.24) is 4.90 Å². The molecule has 0 aliphatic carbocycles. The molecule has 1 saturated heterocycles. The van der Waals surface area contributed by atoms with Gasteiger partial charge in [-0.25, -0.2) is 4.79 Å². The molecule has 1 heterocycles. The highest BCUT2D eigenvalue weighted by atomic mass is 32.2. The van der Waals surface area contributed by atoms with Crippen molar-refractivity contribution in [3.63, 3.8) is 0 Å². The van der Waals surface area contributed by atoms with Crippen LogP contribution in [-0.2, 0) is 14.3 Å². The van der Waals surface area contributed by atoms with Crippen LogP contribution in [-0.4, -0.2) is 47.3 Å². The number of carbonyl (C=O) groups excluding carboxylic acids is 2. The number of ether oxygens (including phenoxy) is 2. The topological polar surface area (TPSA) is 55.8 Å². The third kappa shape index (κ3) is 4.03. The van der Waals surface area contributed by atoms with Crippen molar-refractivity contribution in [1.29, 1.82) is 0 Å². The smallest absolute Gasteiger partial charge is 0.410 e. The molecule has 0 bridgehead atoms. The second kappa shape index (κ2) is 7.62. The predicted octanol–water partition coefficient (Wildman–Crippen LogP) is 2.64. The van der Waals surface area contributed by atoms with Crippen LogP contribution in [0.1, 0.15) is 40.0 Å². The summed E-state index contributed by atoms with van der Waals surface area (Å²) in [6.07, 6.45) is 1.58. The zero-order valence-electron chi connectivity index (χ0n) is 11.9. The summed E-state index contributed by atoms with van der Waals surface area (Å²) in [5.74, 6) is 0.581. The van der Waals surface area contributed by atoms with E-state index in [1.165, 1.54) is 0 Å². The second-order valence-electron chi connectivity index (χ2n) is 4.38. The molecule has 0 N–H and O–H groups in total. The summed E-state index contributed by atoms with van der Waals surface area (Å²) in [6, 6.07) is 0. The Kier molecular flexibility index (Phi) is 6.48. The van der Waals surface area contributed by atoms with Crippen molar-refractivity contribution in [3.8, 4) is 0 Å². The zero-order chi connectivity index (χ0) is 14.3. The van der Waals surface area contributed by atoms with Gasteiger partial charge in [-0.3, -0.25) is 9.69 Å². The monoisotopic (exact) mass is 289 g/mol. The highest BCUT2D eigenvalue weighted by Gasteiger charge is 2.46. The molecule has 5 nitrogen and oxygen atoms in total. The minimum Gasteiger partial charge on any atom is -0.466 e. The minimum absolute atomic E-state index is 0.234. The Morgan fingerprint density at radius 1 is 1.21 bits per heavy atom. The van der Waals surface area contributed by atoms with Crippen LogP contribution in [0.3, 0.4) is 0 Å². The van der Waals surface area contributed by atoms with Gasteiger partial charge in [0.15, 0.2) is 0 Å². The van der Waals surface area contributed by atoms with E-state index in [1.807, 2.05) is 0 Å². The van der Waals surface area contributed by atoms with Crippen LogP contribution in [0.5, 0.6) is 0 Å². The fourth-order valence-electron chi connectivity index (χ4n) is 2.34. The number of hydrogen-bond acceptors (Lipinski definition) is 5. The standard InChI is InChI=1S/C13H23NO4S/c1-4-7-13(10-11(15)17-5-2)14(8-9-19-13)12(16)18-6-3/h4-10H2,1-3H3/t13-/m1/s1. The molecule has 1 rings (SSSR count). The third-order valence-electron chi connectivity index (χ3n) is 3.03. The lowest BCUT2D eigenvalue weighted by Crippen LogP contribution is -2.47. The van der Waals surface area contributed by atoms with Crippen LogP contribution >= 0.6 is 11.8 Å². The van der Waals surface area contributed by atoms with Gasteiger partial charge >= 0.3 is 12.1 Å². The van der Waals surface area contributed by atoms with Gasteiger partial charge < -0.3 is 9.47 Å². The number of amides is 1. The summed E-state index contributed by atoms with van der Waals surface area (Å²) in [6.45, 7) is 6.97. The summed E-state index contributed by atoms with van der Waals surface area (Å²) in [7, 11) is 0. The quantitative estimate of drug-likeness (QED) is 0.704. The maximum atomic E-state index is 12.0. The zero-order valence-corrected chi connectivity index (χ0v) is 12.8. The van der Waals surface area contributed by atoms with E-state index >= 15 is 0 Å². The molecule has 0 aromatic rings. The van der Waals surface area contributed by atoms with Gasteiger partial charge in [-0.05, 0) is 20.3 Å². The number of rotatable bonds is 6. The first kappa shape index (κ1) is 16.1. The van der Waals surface area contributed by atoms with E-state index in [0.717, 1.165) is 18.6 Å². The van der Waals surface area contributed by atoms with Crippen molar-refractivity contribution in [2.45, 2.75) is 44.9 Å². The van der Waals surface area contributed by atoms with E-state index in [4.69, 9.17) is 9.47 Å². The molecule has 6 heteroatoms. The largest absolute Gasteiger partial charge is 0.466 e. The lowest BCUT2D eigenvalue weighted by atomic mass is 10.1. The van der Waals surface area contributed by atoms with Crippen LogP contribution in [0.15, 0.2) is 0 Å². The van der Waals surface area contributed by atoms with E-state index in [9.17, 15) is 9.59 Å². The average molecular weight is 289 g/mol. The molecule has 0 spiro atoms. The van der Waals surface area contributed by atoms with E-state index in [2.05, 4.69) is 6.92 Å². The number of esters is 1. The fraction of sp³-hybridized carbons (Fsp3) is 0.846. The van der Waals surface area contributed by atoms with Gasteiger partial charge in [0.2, 0.25) is 0 Å².